The van der Waals surface area contributed by atoms with E-state index in [-0.39, 0.29) is 17.9 Å². The molecular weight excluding hydrogens is 312 g/mol. The zero-order chi connectivity index (χ0) is 16.7. The fourth-order valence-corrected chi connectivity index (χ4v) is 3.33. The monoisotopic (exact) mass is 338 g/mol. The normalized spacial score (nSPS) is 17.2. The van der Waals surface area contributed by atoms with Crippen molar-refractivity contribution in [1.82, 2.24) is 10.2 Å². The van der Waals surface area contributed by atoms with Gasteiger partial charge in [-0.2, -0.15) is 0 Å². The molecule has 1 amide bonds. The van der Waals surface area contributed by atoms with E-state index in [0.717, 1.165) is 49.7 Å². The number of nitrogens with zero attached hydrogens (tertiary/aromatic N) is 1. The number of hydrogen-bond donors (Lipinski definition) is 1. The van der Waals surface area contributed by atoms with E-state index < -0.39 is 0 Å². The third-order valence-corrected chi connectivity index (χ3v) is 4.92. The average Bonchev–Trinajstić information content (AvgIpc) is 2.58. The van der Waals surface area contributed by atoms with Crippen LogP contribution < -0.4 is 5.32 Å². The number of ether oxygens (including phenoxy) is 1. The quantitative estimate of drug-likeness (QED) is 0.829. The van der Waals surface area contributed by atoms with Crippen LogP contribution in [0, 0.1) is 5.92 Å². The minimum atomic E-state index is 0.0888. The molecule has 1 saturated heterocycles. The number of rotatable bonds is 7. The molecule has 0 aromatic heterocycles. The molecule has 1 fully saturated rings. The van der Waals surface area contributed by atoms with Gasteiger partial charge in [-0.15, -0.1) is 0 Å². The second-order valence-corrected chi connectivity index (χ2v) is 6.35. The van der Waals surface area contributed by atoms with Gasteiger partial charge in [0.1, 0.15) is 0 Å². The molecule has 2 rings (SSSR count). The fraction of sp³-hybridized carbons (Fsp3) is 0.611. The van der Waals surface area contributed by atoms with Crippen molar-refractivity contribution in [3.8, 4) is 0 Å². The van der Waals surface area contributed by atoms with E-state index in [2.05, 4.69) is 24.1 Å². The number of benzene rings is 1. The Kier molecular flexibility index (Phi) is 7.34. The number of halogens is 1. The van der Waals surface area contributed by atoms with Crippen molar-refractivity contribution in [2.75, 3.05) is 32.8 Å². The van der Waals surface area contributed by atoms with Crippen LogP contribution in [0.2, 0.25) is 5.02 Å². The van der Waals surface area contributed by atoms with Gasteiger partial charge < -0.3 is 10.1 Å². The van der Waals surface area contributed by atoms with Gasteiger partial charge in [0.15, 0.2) is 0 Å². The minimum Gasteiger partial charge on any atom is -0.379 e. The Hall–Kier alpha value is -1.10. The van der Waals surface area contributed by atoms with Crippen LogP contribution in [-0.2, 0) is 9.53 Å². The van der Waals surface area contributed by atoms with Crippen molar-refractivity contribution in [3.05, 3.63) is 34.9 Å². The van der Waals surface area contributed by atoms with Gasteiger partial charge in [-0.1, -0.05) is 43.6 Å². The molecule has 1 aliphatic heterocycles. The molecule has 1 atom stereocenters. The third kappa shape index (κ3) is 4.93. The fourth-order valence-electron chi connectivity index (χ4n) is 3.07. The summed E-state index contributed by atoms with van der Waals surface area (Å²) in [7, 11) is 0. The standard InChI is InChI=1S/C18H27ClN2O2/c1-3-14(4-2)18(22)20-13-17(21-9-11-23-12-10-21)15-7-5-6-8-16(15)19/h5-8,14,17H,3-4,9-13H2,1-2H3,(H,20,22)/t17-/m0/s1. The van der Waals surface area contributed by atoms with Crippen LogP contribution in [0.3, 0.4) is 0 Å². The molecular formula is C18H27ClN2O2. The molecule has 0 saturated carbocycles. The van der Waals surface area contributed by atoms with Crippen molar-refractivity contribution in [1.29, 1.82) is 0 Å². The lowest BCUT2D eigenvalue weighted by Gasteiger charge is -2.35. The van der Waals surface area contributed by atoms with E-state index in [1.165, 1.54) is 0 Å². The van der Waals surface area contributed by atoms with Gasteiger partial charge >= 0.3 is 0 Å². The van der Waals surface area contributed by atoms with Crippen LogP contribution in [-0.4, -0.2) is 43.7 Å². The van der Waals surface area contributed by atoms with Gasteiger partial charge in [0.25, 0.3) is 0 Å². The number of morpholine rings is 1. The molecule has 1 aromatic carbocycles. The maximum atomic E-state index is 12.3. The Labute approximate surface area is 144 Å². The van der Waals surface area contributed by atoms with Gasteiger partial charge in [0, 0.05) is 30.6 Å². The number of nitrogens with one attached hydrogen (secondary N) is 1. The molecule has 1 aliphatic rings. The van der Waals surface area contributed by atoms with Crippen molar-refractivity contribution < 1.29 is 9.53 Å². The lowest BCUT2D eigenvalue weighted by molar-refractivity contribution is -0.125. The minimum absolute atomic E-state index is 0.0888. The van der Waals surface area contributed by atoms with Crippen molar-refractivity contribution >= 4 is 17.5 Å². The van der Waals surface area contributed by atoms with E-state index in [4.69, 9.17) is 16.3 Å². The van der Waals surface area contributed by atoms with E-state index in [9.17, 15) is 4.79 Å². The molecule has 0 radical (unpaired) electrons. The Morgan fingerprint density at radius 2 is 1.91 bits per heavy atom. The Morgan fingerprint density at radius 3 is 2.52 bits per heavy atom. The molecule has 128 valence electrons. The lowest BCUT2D eigenvalue weighted by Crippen LogP contribution is -2.44. The first-order valence-electron chi connectivity index (χ1n) is 8.51. The van der Waals surface area contributed by atoms with Gasteiger partial charge in [-0.3, -0.25) is 9.69 Å². The van der Waals surface area contributed by atoms with Crippen LogP contribution in [0.15, 0.2) is 24.3 Å². The van der Waals surface area contributed by atoms with Crippen molar-refractivity contribution in [2.24, 2.45) is 5.92 Å². The van der Waals surface area contributed by atoms with Crippen LogP contribution in [0.4, 0.5) is 0 Å². The zero-order valence-electron chi connectivity index (χ0n) is 14.1. The summed E-state index contributed by atoms with van der Waals surface area (Å²) in [6, 6.07) is 7.98. The summed E-state index contributed by atoms with van der Waals surface area (Å²) in [5.74, 6) is 0.229. The van der Waals surface area contributed by atoms with E-state index in [0.29, 0.717) is 6.54 Å². The highest BCUT2D eigenvalue weighted by molar-refractivity contribution is 6.31. The van der Waals surface area contributed by atoms with Crippen LogP contribution in [0.1, 0.15) is 38.3 Å². The zero-order valence-corrected chi connectivity index (χ0v) is 14.8. The molecule has 23 heavy (non-hydrogen) atoms. The lowest BCUT2D eigenvalue weighted by atomic mass is 10.0. The number of amides is 1. The molecule has 4 nitrogen and oxygen atoms in total. The van der Waals surface area contributed by atoms with Gasteiger partial charge in [-0.25, -0.2) is 0 Å². The molecule has 1 N–H and O–H groups in total. The highest BCUT2D eigenvalue weighted by Gasteiger charge is 2.25. The predicted octanol–water partition coefficient (Wildman–Crippen LogP) is 3.27. The third-order valence-electron chi connectivity index (χ3n) is 4.58. The van der Waals surface area contributed by atoms with E-state index in [1.807, 2.05) is 24.3 Å². The molecule has 0 aliphatic carbocycles. The SMILES string of the molecule is CCC(CC)C(=O)NC[C@@H](c1ccccc1Cl)N1CCOCC1. The van der Waals surface area contributed by atoms with Crippen LogP contribution in [0.25, 0.3) is 0 Å². The summed E-state index contributed by atoms with van der Waals surface area (Å²) >= 11 is 6.40. The molecule has 1 aromatic rings. The Balaban J connectivity index is 2.11. The molecule has 0 bridgehead atoms. The van der Waals surface area contributed by atoms with Gasteiger partial charge in [0.2, 0.25) is 5.91 Å². The molecule has 1 heterocycles. The number of hydrogen-bond acceptors (Lipinski definition) is 3. The summed E-state index contributed by atoms with van der Waals surface area (Å²) in [5, 5.41) is 3.88. The summed E-state index contributed by atoms with van der Waals surface area (Å²) in [5.41, 5.74) is 1.07. The van der Waals surface area contributed by atoms with Gasteiger partial charge in [0.05, 0.1) is 19.3 Å². The first-order chi connectivity index (χ1) is 11.2. The highest BCUT2D eigenvalue weighted by atomic mass is 35.5. The van der Waals surface area contributed by atoms with Gasteiger partial charge in [-0.05, 0) is 24.5 Å². The van der Waals surface area contributed by atoms with E-state index >= 15 is 0 Å². The smallest absolute Gasteiger partial charge is 0.223 e. The summed E-state index contributed by atoms with van der Waals surface area (Å²) in [6.45, 7) is 7.86. The number of carbonyl (C=O) groups excluding carboxylic acids is 1. The molecule has 0 unspecified atom stereocenters. The predicted molar refractivity (Wildman–Crippen MR) is 93.7 cm³/mol. The molecule has 5 heteroatoms. The largest absolute Gasteiger partial charge is 0.379 e. The second kappa shape index (κ2) is 9.26. The van der Waals surface area contributed by atoms with Crippen molar-refractivity contribution in [2.45, 2.75) is 32.7 Å². The van der Waals surface area contributed by atoms with Crippen molar-refractivity contribution in [3.63, 3.8) is 0 Å². The maximum absolute atomic E-state index is 12.3. The van der Waals surface area contributed by atoms with E-state index in [1.54, 1.807) is 0 Å². The molecule has 0 spiro atoms. The Morgan fingerprint density at radius 1 is 1.26 bits per heavy atom. The van der Waals surface area contributed by atoms with Crippen LogP contribution in [0.5, 0.6) is 0 Å². The maximum Gasteiger partial charge on any atom is 0.223 e. The first kappa shape index (κ1) is 18.2. The summed E-state index contributed by atoms with van der Waals surface area (Å²) < 4.78 is 5.45. The van der Waals surface area contributed by atoms with Crippen LogP contribution >= 0.6 is 11.6 Å². The summed E-state index contributed by atoms with van der Waals surface area (Å²) in [4.78, 5) is 14.7. The highest BCUT2D eigenvalue weighted by Crippen LogP contribution is 2.28. The first-order valence-corrected chi connectivity index (χ1v) is 8.89. The second-order valence-electron chi connectivity index (χ2n) is 5.94. The summed E-state index contributed by atoms with van der Waals surface area (Å²) in [6.07, 6.45) is 1.74. The Bertz CT molecular complexity index is 500. The number of carbonyl (C=O) groups is 1. The topological polar surface area (TPSA) is 41.6 Å². The average molecular weight is 339 g/mol.